The van der Waals surface area contributed by atoms with E-state index in [1.54, 1.807) is 12.5 Å². The van der Waals surface area contributed by atoms with E-state index in [0.717, 1.165) is 43.0 Å². The first-order valence-corrected chi connectivity index (χ1v) is 5.32. The number of hydrogen-bond donors (Lipinski definition) is 0. The van der Waals surface area contributed by atoms with Gasteiger partial charge >= 0.3 is 0 Å². The van der Waals surface area contributed by atoms with Crippen LogP contribution in [0.3, 0.4) is 0 Å². The zero-order valence-corrected chi connectivity index (χ0v) is 8.83. The minimum absolute atomic E-state index is 0.756. The topological polar surface area (TPSA) is 51.1 Å². The van der Waals surface area contributed by atoms with Crippen molar-refractivity contribution in [1.29, 1.82) is 0 Å². The van der Waals surface area contributed by atoms with E-state index in [-0.39, 0.29) is 0 Å². The molecular weight excluding hydrogens is 204 g/mol. The van der Waals surface area contributed by atoms with Crippen LogP contribution >= 0.6 is 0 Å². The summed E-state index contributed by atoms with van der Waals surface area (Å²) in [4.78, 5) is 14.9. The molecule has 0 atom stereocenters. The van der Waals surface area contributed by atoms with Crippen LogP contribution in [0.25, 0.3) is 10.9 Å². The van der Waals surface area contributed by atoms with E-state index in [1.165, 1.54) is 0 Å². The average Bonchev–Trinajstić information content (AvgIpc) is 2.39. The Kier molecular flexibility index (Phi) is 2.38. The minimum atomic E-state index is 0.756. The predicted octanol–water partition coefficient (Wildman–Crippen LogP) is 0.861. The molecule has 1 aliphatic heterocycles. The fourth-order valence-electron chi connectivity index (χ4n) is 1.91. The molecule has 0 N–H and O–H groups in total. The molecule has 0 radical (unpaired) electrons. The summed E-state index contributed by atoms with van der Waals surface area (Å²) in [5.74, 6) is 0.960. The number of aromatic nitrogens is 3. The molecule has 0 unspecified atom stereocenters. The fourth-order valence-corrected chi connectivity index (χ4v) is 1.91. The molecule has 82 valence electrons. The van der Waals surface area contributed by atoms with Crippen molar-refractivity contribution >= 4 is 16.7 Å². The van der Waals surface area contributed by atoms with Crippen LogP contribution in [0.1, 0.15) is 0 Å². The van der Waals surface area contributed by atoms with Gasteiger partial charge in [0.15, 0.2) is 0 Å². The molecule has 0 amide bonds. The summed E-state index contributed by atoms with van der Waals surface area (Å²) in [6.07, 6.45) is 5.17. The lowest BCUT2D eigenvalue weighted by Crippen LogP contribution is -2.36. The van der Waals surface area contributed by atoms with Gasteiger partial charge in [0.25, 0.3) is 0 Å². The lowest BCUT2D eigenvalue weighted by atomic mass is 10.2. The number of ether oxygens (including phenoxy) is 1. The average molecular weight is 216 g/mol. The zero-order valence-electron chi connectivity index (χ0n) is 8.83. The Labute approximate surface area is 93.1 Å². The second-order valence-corrected chi connectivity index (χ2v) is 3.69. The van der Waals surface area contributed by atoms with Gasteiger partial charge in [-0.05, 0) is 6.07 Å². The smallest absolute Gasteiger partial charge is 0.141 e. The number of anilines is 1. The number of pyridine rings is 1. The lowest BCUT2D eigenvalue weighted by molar-refractivity contribution is 0.122. The molecule has 0 bridgehead atoms. The Bertz CT molecular complexity index is 491. The van der Waals surface area contributed by atoms with Gasteiger partial charge in [-0.1, -0.05) is 0 Å². The van der Waals surface area contributed by atoms with Crippen LogP contribution in [0, 0.1) is 0 Å². The molecule has 1 aliphatic rings. The van der Waals surface area contributed by atoms with Crippen molar-refractivity contribution in [2.75, 3.05) is 31.2 Å². The van der Waals surface area contributed by atoms with Gasteiger partial charge in [0.1, 0.15) is 12.1 Å². The molecule has 3 heterocycles. The van der Waals surface area contributed by atoms with E-state index in [1.807, 2.05) is 12.3 Å². The Morgan fingerprint density at radius 2 is 2.06 bits per heavy atom. The molecule has 2 aromatic heterocycles. The maximum atomic E-state index is 5.33. The molecule has 0 spiro atoms. The first-order valence-electron chi connectivity index (χ1n) is 5.32. The van der Waals surface area contributed by atoms with E-state index >= 15 is 0 Å². The molecule has 1 saturated heterocycles. The predicted molar refractivity (Wildman–Crippen MR) is 60.4 cm³/mol. The summed E-state index contributed by atoms with van der Waals surface area (Å²) in [5, 5.41) is 1.01. The summed E-state index contributed by atoms with van der Waals surface area (Å²) < 4.78 is 5.33. The Balaban J connectivity index is 2.08. The molecule has 1 fully saturated rings. The van der Waals surface area contributed by atoms with E-state index in [0.29, 0.717) is 0 Å². The fraction of sp³-hybridized carbons (Fsp3) is 0.364. The third-order valence-corrected chi connectivity index (χ3v) is 2.73. The minimum Gasteiger partial charge on any atom is -0.378 e. The molecule has 16 heavy (non-hydrogen) atoms. The highest BCUT2D eigenvalue weighted by Crippen LogP contribution is 2.21. The summed E-state index contributed by atoms with van der Waals surface area (Å²) in [6.45, 7) is 3.26. The van der Waals surface area contributed by atoms with Gasteiger partial charge in [-0.2, -0.15) is 0 Å². The van der Waals surface area contributed by atoms with Crippen LogP contribution in [0.2, 0.25) is 0 Å². The Morgan fingerprint density at radius 3 is 2.94 bits per heavy atom. The largest absolute Gasteiger partial charge is 0.378 e. The standard InChI is InChI=1S/C11H12N4O/c1-2-12-7-9-10(1)13-8-14-11(9)15-3-5-16-6-4-15/h1-2,7-8H,3-6H2. The molecule has 5 nitrogen and oxygen atoms in total. The normalized spacial score (nSPS) is 16.6. The second-order valence-electron chi connectivity index (χ2n) is 3.69. The van der Waals surface area contributed by atoms with Gasteiger partial charge in [0.05, 0.1) is 24.1 Å². The second kappa shape index (κ2) is 4.02. The first kappa shape index (κ1) is 9.47. The number of morpholine rings is 1. The lowest BCUT2D eigenvalue weighted by Gasteiger charge is -2.28. The highest BCUT2D eigenvalue weighted by atomic mass is 16.5. The number of nitrogens with zero attached hydrogens (tertiary/aromatic N) is 4. The van der Waals surface area contributed by atoms with Crippen molar-refractivity contribution < 1.29 is 4.74 Å². The molecule has 0 saturated carbocycles. The molecular formula is C11H12N4O. The highest BCUT2D eigenvalue weighted by molar-refractivity contribution is 5.88. The van der Waals surface area contributed by atoms with Gasteiger partial charge in [-0.3, -0.25) is 4.98 Å². The molecule has 3 rings (SSSR count). The van der Waals surface area contributed by atoms with Crippen LogP contribution in [0.4, 0.5) is 5.82 Å². The maximum absolute atomic E-state index is 5.33. The van der Waals surface area contributed by atoms with Gasteiger partial charge in [0, 0.05) is 25.5 Å². The van der Waals surface area contributed by atoms with Crippen molar-refractivity contribution in [3.05, 3.63) is 24.8 Å². The summed E-state index contributed by atoms with van der Waals surface area (Å²) in [5.41, 5.74) is 0.937. The van der Waals surface area contributed by atoms with Crippen LogP contribution in [0.5, 0.6) is 0 Å². The van der Waals surface area contributed by atoms with Crippen molar-refractivity contribution in [2.24, 2.45) is 0 Å². The van der Waals surface area contributed by atoms with E-state index < -0.39 is 0 Å². The molecule has 0 aromatic carbocycles. The maximum Gasteiger partial charge on any atom is 0.141 e. The first-order chi connectivity index (χ1) is 7.95. The van der Waals surface area contributed by atoms with Crippen molar-refractivity contribution in [3.8, 4) is 0 Å². The Hall–Kier alpha value is -1.75. The molecule has 2 aromatic rings. The third kappa shape index (κ3) is 1.59. The molecule has 5 heteroatoms. The SMILES string of the molecule is c1cc2ncnc(N3CCOCC3)c2cn1. The number of rotatable bonds is 1. The Morgan fingerprint density at radius 1 is 1.19 bits per heavy atom. The summed E-state index contributed by atoms with van der Waals surface area (Å²) >= 11 is 0. The van der Waals surface area contributed by atoms with E-state index in [2.05, 4.69) is 19.9 Å². The zero-order chi connectivity index (χ0) is 10.8. The highest BCUT2D eigenvalue weighted by Gasteiger charge is 2.15. The van der Waals surface area contributed by atoms with Crippen LogP contribution in [-0.2, 0) is 4.74 Å². The van der Waals surface area contributed by atoms with E-state index in [9.17, 15) is 0 Å². The number of fused-ring (bicyclic) bond motifs is 1. The monoisotopic (exact) mass is 216 g/mol. The van der Waals surface area contributed by atoms with Crippen molar-refractivity contribution in [1.82, 2.24) is 15.0 Å². The van der Waals surface area contributed by atoms with Crippen molar-refractivity contribution in [2.45, 2.75) is 0 Å². The van der Waals surface area contributed by atoms with Gasteiger partial charge in [-0.15, -0.1) is 0 Å². The van der Waals surface area contributed by atoms with Gasteiger partial charge < -0.3 is 9.64 Å². The van der Waals surface area contributed by atoms with E-state index in [4.69, 9.17) is 4.74 Å². The molecule has 0 aliphatic carbocycles. The summed E-state index contributed by atoms with van der Waals surface area (Å²) in [7, 11) is 0. The van der Waals surface area contributed by atoms with Crippen molar-refractivity contribution in [3.63, 3.8) is 0 Å². The quantitative estimate of drug-likeness (QED) is 0.707. The number of hydrogen-bond acceptors (Lipinski definition) is 5. The van der Waals surface area contributed by atoms with Crippen LogP contribution < -0.4 is 4.90 Å². The van der Waals surface area contributed by atoms with Gasteiger partial charge in [0.2, 0.25) is 0 Å². The van der Waals surface area contributed by atoms with Crippen LogP contribution in [0.15, 0.2) is 24.8 Å². The van der Waals surface area contributed by atoms with Gasteiger partial charge in [-0.25, -0.2) is 9.97 Å². The van der Waals surface area contributed by atoms with Crippen LogP contribution in [-0.4, -0.2) is 41.3 Å². The third-order valence-electron chi connectivity index (χ3n) is 2.73. The summed E-state index contributed by atoms with van der Waals surface area (Å²) in [6, 6.07) is 1.90.